The number of alkyl carbamates (subject to hydrolysis) is 1. The molecule has 1 fully saturated rings. The number of benzene rings is 1. The molecule has 1 amide bonds. The van der Waals surface area contributed by atoms with Crippen LogP contribution in [0.15, 0.2) is 30.3 Å². The van der Waals surface area contributed by atoms with Crippen LogP contribution in [0, 0.1) is 11.8 Å². The number of likely N-dealkylation sites (tertiary alicyclic amines) is 1. The fourth-order valence-electron chi connectivity index (χ4n) is 3.41. The van der Waals surface area contributed by atoms with Crippen LogP contribution < -0.4 is 5.32 Å². The third-order valence-corrected chi connectivity index (χ3v) is 4.61. The number of hydrogen-bond acceptors (Lipinski definition) is 6. The first-order valence-corrected chi connectivity index (χ1v) is 10.5. The number of rotatable bonds is 6. The molecule has 1 heterocycles. The number of carbonyl (C=O) groups excluding carboxylic acids is 2. The van der Waals surface area contributed by atoms with Crippen LogP contribution in [0.3, 0.4) is 0 Å². The van der Waals surface area contributed by atoms with Gasteiger partial charge in [0.2, 0.25) is 0 Å². The van der Waals surface area contributed by atoms with Gasteiger partial charge in [-0.1, -0.05) is 30.3 Å². The molecular weight excluding hydrogens is 384 g/mol. The Balaban J connectivity index is 1.94. The van der Waals surface area contributed by atoms with Crippen LogP contribution in [0.4, 0.5) is 9.59 Å². The second-order valence-electron chi connectivity index (χ2n) is 9.86. The Morgan fingerprint density at radius 1 is 0.967 bits per heavy atom. The molecule has 1 saturated heterocycles. The Bertz CT molecular complexity index is 654. The van der Waals surface area contributed by atoms with Gasteiger partial charge in [0.1, 0.15) is 11.2 Å². The molecule has 1 aliphatic rings. The highest BCUT2D eigenvalue weighted by Gasteiger charge is 2.34. The summed E-state index contributed by atoms with van der Waals surface area (Å²) in [6.07, 6.45) is -1.10. The van der Waals surface area contributed by atoms with Gasteiger partial charge < -0.3 is 19.5 Å². The fourth-order valence-corrected chi connectivity index (χ4v) is 3.41. The Morgan fingerprint density at radius 3 is 2.17 bits per heavy atom. The highest BCUT2D eigenvalue weighted by atomic mass is 16.7. The topological polar surface area (TPSA) is 77.1 Å². The number of amides is 1. The van der Waals surface area contributed by atoms with E-state index in [1.165, 1.54) is 5.56 Å². The van der Waals surface area contributed by atoms with Crippen LogP contribution in [0.1, 0.15) is 47.1 Å². The van der Waals surface area contributed by atoms with Crippen molar-refractivity contribution < 1.29 is 23.8 Å². The van der Waals surface area contributed by atoms with Crippen molar-refractivity contribution in [2.45, 2.75) is 59.3 Å². The van der Waals surface area contributed by atoms with Crippen LogP contribution in [0.25, 0.3) is 0 Å². The van der Waals surface area contributed by atoms with E-state index in [1.54, 1.807) is 20.8 Å². The molecular formula is C23H36N2O5. The molecule has 0 bridgehead atoms. The van der Waals surface area contributed by atoms with Crippen molar-refractivity contribution in [2.75, 3.05) is 26.2 Å². The SMILES string of the molecule is CC(C)(C)OC(=O)NC[C@H]1CN(Cc2ccccc2)C[C@H]1COC(=O)OC(C)(C)C. The third kappa shape index (κ3) is 9.03. The number of nitrogens with zero attached hydrogens (tertiary/aromatic N) is 1. The molecule has 0 aromatic heterocycles. The number of ether oxygens (including phenoxy) is 3. The molecule has 7 nitrogen and oxygen atoms in total. The predicted octanol–water partition coefficient (Wildman–Crippen LogP) is 4.21. The molecule has 30 heavy (non-hydrogen) atoms. The van der Waals surface area contributed by atoms with Gasteiger partial charge in [0, 0.05) is 32.1 Å². The molecule has 2 rings (SSSR count). The third-order valence-electron chi connectivity index (χ3n) is 4.61. The second kappa shape index (κ2) is 10.2. The number of hydrogen-bond donors (Lipinski definition) is 1. The van der Waals surface area contributed by atoms with Crippen LogP contribution in [-0.2, 0) is 20.8 Å². The molecule has 1 aromatic rings. The van der Waals surface area contributed by atoms with Crippen LogP contribution in [-0.4, -0.2) is 54.6 Å². The van der Waals surface area contributed by atoms with Gasteiger partial charge in [0.25, 0.3) is 0 Å². The van der Waals surface area contributed by atoms with E-state index in [-0.39, 0.29) is 18.4 Å². The summed E-state index contributed by atoms with van der Waals surface area (Å²) in [6.45, 7) is 14.0. The van der Waals surface area contributed by atoms with Gasteiger partial charge in [-0.05, 0) is 53.0 Å². The zero-order valence-corrected chi connectivity index (χ0v) is 19.1. The summed E-state index contributed by atoms with van der Waals surface area (Å²) in [5.41, 5.74) is 0.0901. The van der Waals surface area contributed by atoms with Crippen molar-refractivity contribution in [1.82, 2.24) is 10.2 Å². The van der Waals surface area contributed by atoms with Crippen molar-refractivity contribution >= 4 is 12.2 Å². The smallest absolute Gasteiger partial charge is 0.444 e. The molecule has 0 spiro atoms. The Kier molecular flexibility index (Phi) is 8.12. The average Bonchev–Trinajstić information content (AvgIpc) is 2.98. The largest absolute Gasteiger partial charge is 0.508 e. The minimum atomic E-state index is -0.664. The minimum absolute atomic E-state index is 0.0937. The molecule has 7 heteroatoms. The van der Waals surface area contributed by atoms with Crippen LogP contribution >= 0.6 is 0 Å². The molecule has 0 radical (unpaired) electrons. The maximum Gasteiger partial charge on any atom is 0.508 e. The van der Waals surface area contributed by atoms with Crippen LogP contribution in [0.2, 0.25) is 0 Å². The first-order valence-electron chi connectivity index (χ1n) is 10.5. The van der Waals surface area contributed by atoms with Gasteiger partial charge in [0.15, 0.2) is 0 Å². The predicted molar refractivity (Wildman–Crippen MR) is 115 cm³/mol. The Hall–Kier alpha value is -2.28. The van der Waals surface area contributed by atoms with Crippen molar-refractivity contribution in [1.29, 1.82) is 0 Å². The molecule has 1 aliphatic heterocycles. The summed E-state index contributed by atoms with van der Waals surface area (Å²) in [7, 11) is 0. The molecule has 0 aliphatic carbocycles. The van der Waals surface area contributed by atoms with Gasteiger partial charge in [-0.15, -0.1) is 0 Å². The van der Waals surface area contributed by atoms with E-state index in [0.717, 1.165) is 19.6 Å². The minimum Gasteiger partial charge on any atom is -0.444 e. The lowest BCUT2D eigenvalue weighted by Gasteiger charge is -2.23. The van der Waals surface area contributed by atoms with E-state index < -0.39 is 23.5 Å². The first-order chi connectivity index (χ1) is 13.9. The maximum atomic E-state index is 12.1. The lowest BCUT2D eigenvalue weighted by Crippen LogP contribution is -2.38. The van der Waals surface area contributed by atoms with E-state index in [1.807, 2.05) is 39.0 Å². The summed E-state index contributed by atoms with van der Waals surface area (Å²) in [6, 6.07) is 10.2. The van der Waals surface area contributed by atoms with E-state index in [0.29, 0.717) is 6.54 Å². The highest BCUT2D eigenvalue weighted by Crippen LogP contribution is 2.25. The average molecular weight is 421 g/mol. The van der Waals surface area contributed by atoms with Gasteiger partial charge in [-0.25, -0.2) is 9.59 Å². The first kappa shape index (κ1) is 24.0. The van der Waals surface area contributed by atoms with E-state index in [9.17, 15) is 9.59 Å². The number of carbonyl (C=O) groups is 2. The molecule has 168 valence electrons. The quantitative estimate of drug-likeness (QED) is 0.695. The Morgan fingerprint density at radius 2 is 1.57 bits per heavy atom. The van der Waals surface area contributed by atoms with E-state index in [4.69, 9.17) is 14.2 Å². The lowest BCUT2D eigenvalue weighted by molar-refractivity contribution is -0.0149. The van der Waals surface area contributed by atoms with E-state index in [2.05, 4.69) is 22.3 Å². The highest BCUT2D eigenvalue weighted by molar-refractivity contribution is 5.67. The van der Waals surface area contributed by atoms with Crippen molar-refractivity contribution in [3.63, 3.8) is 0 Å². The van der Waals surface area contributed by atoms with E-state index >= 15 is 0 Å². The fraction of sp³-hybridized carbons (Fsp3) is 0.652. The van der Waals surface area contributed by atoms with Gasteiger partial charge in [-0.3, -0.25) is 4.90 Å². The van der Waals surface area contributed by atoms with Gasteiger partial charge in [0.05, 0.1) is 6.61 Å². The van der Waals surface area contributed by atoms with Crippen molar-refractivity contribution in [2.24, 2.45) is 11.8 Å². The Labute approximate surface area is 180 Å². The van der Waals surface area contributed by atoms with Gasteiger partial charge in [-0.2, -0.15) is 0 Å². The van der Waals surface area contributed by atoms with Crippen LogP contribution in [0.5, 0.6) is 0 Å². The summed E-state index contributed by atoms with van der Waals surface area (Å²) >= 11 is 0. The summed E-state index contributed by atoms with van der Waals surface area (Å²) in [5.74, 6) is 0.236. The summed E-state index contributed by atoms with van der Waals surface area (Å²) < 4.78 is 16.0. The van der Waals surface area contributed by atoms with Crippen molar-refractivity contribution in [3.8, 4) is 0 Å². The maximum absolute atomic E-state index is 12.1. The summed E-state index contributed by atoms with van der Waals surface area (Å²) in [4.78, 5) is 26.4. The molecule has 1 aromatic carbocycles. The van der Waals surface area contributed by atoms with Gasteiger partial charge >= 0.3 is 12.2 Å². The standard InChI is InChI=1S/C23H36N2O5/c1-22(2,3)29-20(26)24-12-18-14-25(13-17-10-8-7-9-11-17)15-19(18)16-28-21(27)30-23(4,5)6/h7-11,18-19H,12-16H2,1-6H3,(H,24,26)/t18-,19-/m0/s1. The molecule has 1 N–H and O–H groups in total. The molecule has 0 unspecified atom stereocenters. The second-order valence-corrected chi connectivity index (χ2v) is 9.86. The monoisotopic (exact) mass is 420 g/mol. The molecule has 2 atom stereocenters. The zero-order chi connectivity index (χ0) is 22.4. The van der Waals surface area contributed by atoms with Crippen molar-refractivity contribution in [3.05, 3.63) is 35.9 Å². The zero-order valence-electron chi connectivity index (χ0n) is 19.1. The lowest BCUT2D eigenvalue weighted by atomic mass is 9.97. The number of nitrogens with one attached hydrogen (secondary N) is 1. The summed E-state index contributed by atoms with van der Waals surface area (Å²) in [5, 5.41) is 2.86. The molecule has 0 saturated carbocycles. The normalized spacial score (nSPS) is 19.9.